The fourth-order valence-corrected chi connectivity index (χ4v) is 17.0. The van der Waals surface area contributed by atoms with Crippen molar-refractivity contribution >= 4 is 31.7 Å². The second-order valence-electron chi connectivity index (χ2n) is 34.6. The number of phosphoric ester groups is 1. The second-order valence-corrected chi connectivity index (χ2v) is 36.0. The van der Waals surface area contributed by atoms with E-state index in [-0.39, 0.29) is 25.7 Å². The molecular weight excluding hydrogens is 1550 g/mol. The molecule has 0 aromatic carbocycles. The Bertz CT molecular complexity index is 2520. The fraction of sp³-hybridized carbons (Fsp3) is 0.935. The Labute approximate surface area is 718 Å². The van der Waals surface area contributed by atoms with Crippen LogP contribution in [0, 0.1) is 0 Å². The molecule has 0 radical (unpaired) electrons. The van der Waals surface area contributed by atoms with Gasteiger partial charge < -0.3 is 88.7 Å². The normalized spacial score (nSPS) is 24.8. The van der Waals surface area contributed by atoms with Crippen LogP contribution in [-0.4, -0.2) is 205 Å². The maximum absolute atomic E-state index is 14.9. The quantitative estimate of drug-likeness (QED) is 0.00889. The first-order valence-corrected chi connectivity index (χ1v) is 49.9. The molecular formula is C93H173O25P. The van der Waals surface area contributed by atoms with E-state index in [1.165, 1.54) is 212 Å². The summed E-state index contributed by atoms with van der Waals surface area (Å²) >= 11 is 0. The number of esters is 4. The van der Waals surface area contributed by atoms with Crippen molar-refractivity contribution in [2.24, 2.45) is 0 Å². The number of rotatable bonds is 79. The standard InChI is InChI=1S/C93H173O25P/c1-5-9-13-17-21-25-29-33-36-39-43-47-51-55-59-63-67-78(97)112-73(70-109-76(95)65-61-57-53-49-45-41-32-28-24-20-16-12-8-4)71-111-119(107,108)118-91-89(116-92-86(105)82(101)80(99)74(69-94)113-92)85(104)84(103)88(115-79(98)68-64-60-56-52-48-44-40-37-34-30-26-22-18-14-10-6-2)90(91)117-93-87(106)83(102)81(100)75(114-93)72-110-77(96)66-62-58-54-50-46-42-38-35-31-27-23-19-15-11-7-3/h41,45,73-75,80-94,99-106H,5-40,42-44,46-72H2,1-4H3,(H,107,108)/b45-41-. The molecule has 0 bridgehead atoms. The number of aliphatic hydroxyl groups excluding tert-OH is 9. The van der Waals surface area contributed by atoms with Crippen molar-refractivity contribution in [3.63, 3.8) is 0 Å². The number of carbonyl (C=O) groups excluding carboxylic acids is 4. The number of aliphatic hydroxyl groups is 9. The monoisotopic (exact) mass is 1720 g/mol. The summed E-state index contributed by atoms with van der Waals surface area (Å²) in [6, 6.07) is 0. The molecule has 0 amide bonds. The summed E-state index contributed by atoms with van der Waals surface area (Å²) < 4.78 is 73.5. The van der Waals surface area contributed by atoms with Crippen LogP contribution in [0.4, 0.5) is 0 Å². The van der Waals surface area contributed by atoms with Gasteiger partial charge in [0.05, 0.1) is 13.2 Å². The average molecular weight is 1720 g/mol. The van der Waals surface area contributed by atoms with Crippen molar-refractivity contribution in [3.8, 4) is 0 Å². The molecule has 10 N–H and O–H groups in total. The Hall–Kier alpha value is -2.79. The van der Waals surface area contributed by atoms with Gasteiger partial charge in [-0.2, -0.15) is 0 Å². The minimum absolute atomic E-state index is 0.0169. The molecule has 119 heavy (non-hydrogen) atoms. The summed E-state index contributed by atoms with van der Waals surface area (Å²) in [4.78, 5) is 66.5. The van der Waals surface area contributed by atoms with Gasteiger partial charge in [0.2, 0.25) is 0 Å². The third-order valence-corrected chi connectivity index (χ3v) is 24.8. The Morgan fingerprint density at radius 2 is 0.630 bits per heavy atom. The van der Waals surface area contributed by atoms with Gasteiger partial charge in [-0.3, -0.25) is 28.2 Å². The van der Waals surface area contributed by atoms with Crippen molar-refractivity contribution in [3.05, 3.63) is 12.2 Å². The number of phosphoric acid groups is 1. The van der Waals surface area contributed by atoms with Crippen molar-refractivity contribution < 1.29 is 122 Å². The van der Waals surface area contributed by atoms with Gasteiger partial charge in [0.15, 0.2) is 24.8 Å². The van der Waals surface area contributed by atoms with E-state index in [4.69, 9.17) is 46.9 Å². The topological polar surface area (TPSA) is 380 Å². The van der Waals surface area contributed by atoms with Gasteiger partial charge in [-0.25, -0.2) is 4.57 Å². The van der Waals surface area contributed by atoms with E-state index in [0.29, 0.717) is 32.1 Å². The van der Waals surface area contributed by atoms with Gasteiger partial charge in [-0.1, -0.05) is 361 Å². The van der Waals surface area contributed by atoms with Gasteiger partial charge in [-0.15, -0.1) is 0 Å². The first kappa shape index (κ1) is 110. The lowest BCUT2D eigenvalue weighted by molar-refractivity contribution is -0.360. The van der Waals surface area contributed by atoms with Crippen molar-refractivity contribution in [2.45, 2.75) is 530 Å². The highest BCUT2D eigenvalue weighted by molar-refractivity contribution is 7.47. The van der Waals surface area contributed by atoms with E-state index in [2.05, 4.69) is 39.8 Å². The molecule has 0 aromatic rings. The van der Waals surface area contributed by atoms with Crippen LogP contribution in [0.25, 0.3) is 0 Å². The van der Waals surface area contributed by atoms with Crippen LogP contribution in [0.2, 0.25) is 0 Å². The van der Waals surface area contributed by atoms with Crippen LogP contribution in [-0.2, 0) is 70.7 Å². The molecule has 26 heteroatoms. The molecule has 2 saturated heterocycles. The van der Waals surface area contributed by atoms with E-state index in [9.17, 15) is 74.6 Å². The molecule has 3 rings (SSSR count). The zero-order valence-corrected chi connectivity index (χ0v) is 75.6. The van der Waals surface area contributed by atoms with E-state index in [0.717, 1.165) is 128 Å². The van der Waals surface area contributed by atoms with E-state index in [1.807, 2.05) is 0 Å². The zero-order valence-electron chi connectivity index (χ0n) is 74.7. The lowest BCUT2D eigenvalue weighted by Crippen LogP contribution is -2.70. The highest BCUT2D eigenvalue weighted by Crippen LogP contribution is 2.49. The number of carbonyl (C=O) groups is 4. The highest BCUT2D eigenvalue weighted by Gasteiger charge is 2.60. The fourth-order valence-electron chi connectivity index (χ4n) is 16.1. The van der Waals surface area contributed by atoms with Crippen LogP contribution in [0.1, 0.15) is 426 Å². The molecule has 18 atom stereocenters. The van der Waals surface area contributed by atoms with Crippen LogP contribution in [0.3, 0.4) is 0 Å². The molecule has 1 aliphatic carbocycles. The minimum atomic E-state index is -5.81. The maximum atomic E-state index is 14.9. The molecule has 700 valence electrons. The molecule has 3 aliphatic rings. The zero-order chi connectivity index (χ0) is 86.8. The smallest absolute Gasteiger partial charge is 0.463 e. The molecule has 3 fully saturated rings. The van der Waals surface area contributed by atoms with E-state index >= 15 is 0 Å². The van der Waals surface area contributed by atoms with Crippen molar-refractivity contribution in [2.75, 3.05) is 26.4 Å². The number of ether oxygens (including phenoxy) is 8. The molecule has 2 aliphatic heterocycles. The summed E-state index contributed by atoms with van der Waals surface area (Å²) in [7, 11) is -5.81. The van der Waals surface area contributed by atoms with E-state index in [1.54, 1.807) is 0 Å². The Morgan fingerprint density at radius 1 is 0.328 bits per heavy atom. The van der Waals surface area contributed by atoms with Crippen molar-refractivity contribution in [1.29, 1.82) is 0 Å². The third kappa shape index (κ3) is 52.2. The Balaban J connectivity index is 1.91. The summed E-state index contributed by atoms with van der Waals surface area (Å²) in [5, 5.41) is 102. The first-order chi connectivity index (χ1) is 57.7. The third-order valence-electron chi connectivity index (χ3n) is 23.8. The van der Waals surface area contributed by atoms with Crippen molar-refractivity contribution in [1.82, 2.24) is 0 Å². The van der Waals surface area contributed by atoms with Crippen LogP contribution < -0.4 is 0 Å². The van der Waals surface area contributed by atoms with Gasteiger partial charge in [0.1, 0.15) is 92.6 Å². The molecule has 2 heterocycles. The molecule has 18 unspecified atom stereocenters. The molecule has 1 saturated carbocycles. The second kappa shape index (κ2) is 72.3. The molecule has 0 spiro atoms. The number of unbranched alkanes of at least 4 members (excludes halogenated alkanes) is 53. The van der Waals surface area contributed by atoms with Gasteiger partial charge in [0, 0.05) is 25.7 Å². The molecule has 0 aromatic heterocycles. The maximum Gasteiger partial charge on any atom is 0.472 e. The Kier molecular flexibility index (Phi) is 67.0. The van der Waals surface area contributed by atoms with Gasteiger partial charge in [-0.05, 0) is 51.4 Å². The van der Waals surface area contributed by atoms with Crippen LogP contribution in [0.15, 0.2) is 12.2 Å². The predicted octanol–water partition coefficient (Wildman–Crippen LogP) is 18.3. The van der Waals surface area contributed by atoms with Gasteiger partial charge >= 0.3 is 31.7 Å². The summed E-state index contributed by atoms with van der Waals surface area (Å²) in [6.45, 7) is 5.62. The van der Waals surface area contributed by atoms with Crippen LogP contribution >= 0.6 is 7.82 Å². The van der Waals surface area contributed by atoms with Crippen LogP contribution in [0.5, 0.6) is 0 Å². The largest absolute Gasteiger partial charge is 0.472 e. The van der Waals surface area contributed by atoms with Gasteiger partial charge in [0.25, 0.3) is 0 Å². The average Bonchev–Trinajstić information content (AvgIpc) is 0.745. The summed E-state index contributed by atoms with van der Waals surface area (Å²) in [5.74, 6) is -2.96. The first-order valence-electron chi connectivity index (χ1n) is 48.4. The van der Waals surface area contributed by atoms with E-state index < -0.39 is 162 Å². The lowest BCUT2D eigenvalue weighted by atomic mass is 9.84. The summed E-state index contributed by atoms with van der Waals surface area (Å²) in [5.41, 5.74) is 0. The number of hydrogen-bond donors (Lipinski definition) is 10. The summed E-state index contributed by atoms with van der Waals surface area (Å²) in [6.07, 6.45) is 31.9. The highest BCUT2D eigenvalue weighted by atomic mass is 31.2. The number of hydrogen-bond acceptors (Lipinski definition) is 24. The minimum Gasteiger partial charge on any atom is -0.463 e. The molecule has 25 nitrogen and oxygen atoms in total. The number of allylic oxidation sites excluding steroid dienone is 2. The predicted molar refractivity (Wildman–Crippen MR) is 463 cm³/mol. The Morgan fingerprint density at radius 3 is 1.01 bits per heavy atom. The lowest BCUT2D eigenvalue weighted by Gasteiger charge is -2.50. The SMILES string of the molecule is CCCCCCCC/C=C\CCCCCC(=O)OCC(COP(=O)(O)OC1C(OC2OC(CO)C(O)C(O)C2O)C(O)C(O)C(OC(=O)CCCCCCCCCCCCCCCCCC)C1OC1OC(COC(=O)CCCCCCCCCCCCCCCCC)C(O)C(O)C1O)OC(=O)CCCCCCCCCCCCCCCCCC.